The summed E-state index contributed by atoms with van der Waals surface area (Å²) in [5.41, 5.74) is 1.88. The smallest absolute Gasteiger partial charge is 0.270 e. The topological polar surface area (TPSA) is 25.2 Å². The summed E-state index contributed by atoms with van der Waals surface area (Å²) in [5, 5.41) is 0.731. The second kappa shape index (κ2) is 6.14. The largest absolute Gasteiger partial charge is 0.347 e. The third-order valence-corrected chi connectivity index (χ3v) is 3.84. The molecule has 0 fully saturated rings. The molecule has 1 aromatic heterocycles. The number of rotatable bonds is 4. The van der Waals surface area contributed by atoms with Crippen LogP contribution in [-0.2, 0) is 13.5 Å². The Labute approximate surface area is 124 Å². The van der Waals surface area contributed by atoms with Gasteiger partial charge in [-0.3, -0.25) is 4.79 Å². The van der Waals surface area contributed by atoms with Gasteiger partial charge >= 0.3 is 0 Å². The Morgan fingerprint density at radius 1 is 1.30 bits per heavy atom. The lowest BCUT2D eigenvalue weighted by Crippen LogP contribution is -2.37. The van der Waals surface area contributed by atoms with Crippen molar-refractivity contribution in [1.29, 1.82) is 0 Å². The highest BCUT2D eigenvalue weighted by molar-refractivity contribution is 6.30. The first-order valence-electron chi connectivity index (χ1n) is 6.62. The monoisotopic (exact) mass is 290 g/mol. The average molecular weight is 291 g/mol. The molecule has 0 bridgehead atoms. The Bertz CT molecular complexity index is 589. The van der Waals surface area contributed by atoms with E-state index < -0.39 is 0 Å². The molecule has 1 heterocycles. The molecule has 2 rings (SSSR count). The van der Waals surface area contributed by atoms with Gasteiger partial charge in [0.2, 0.25) is 0 Å². The Morgan fingerprint density at radius 2 is 1.95 bits per heavy atom. The van der Waals surface area contributed by atoms with E-state index in [0.717, 1.165) is 11.4 Å². The Kier molecular flexibility index (Phi) is 4.50. The number of halogens is 1. The van der Waals surface area contributed by atoms with Crippen LogP contribution < -0.4 is 0 Å². The van der Waals surface area contributed by atoms with Crippen molar-refractivity contribution in [2.45, 2.75) is 19.4 Å². The van der Waals surface area contributed by atoms with Crippen molar-refractivity contribution >= 4 is 17.5 Å². The maximum atomic E-state index is 12.4. The van der Waals surface area contributed by atoms with Gasteiger partial charge in [0.25, 0.3) is 5.91 Å². The molecule has 20 heavy (non-hydrogen) atoms. The molecule has 0 N–H and O–H groups in total. The van der Waals surface area contributed by atoms with Crippen LogP contribution >= 0.6 is 11.6 Å². The summed E-state index contributed by atoms with van der Waals surface area (Å²) < 4.78 is 1.84. The fraction of sp³-hybridized carbons (Fsp3) is 0.312. The third-order valence-electron chi connectivity index (χ3n) is 3.59. The van der Waals surface area contributed by atoms with Crippen molar-refractivity contribution in [3.8, 4) is 0 Å². The second-order valence-electron chi connectivity index (χ2n) is 5.10. The van der Waals surface area contributed by atoms with Crippen molar-refractivity contribution in [3.63, 3.8) is 0 Å². The summed E-state index contributed by atoms with van der Waals surface area (Å²) in [7, 11) is 3.72. The molecule has 0 spiro atoms. The summed E-state index contributed by atoms with van der Waals surface area (Å²) in [6, 6.07) is 11.6. The molecule has 0 saturated heterocycles. The molecular weight excluding hydrogens is 272 g/mol. The van der Waals surface area contributed by atoms with Crippen LogP contribution in [0.25, 0.3) is 0 Å². The zero-order chi connectivity index (χ0) is 14.7. The molecule has 0 radical (unpaired) electrons. The van der Waals surface area contributed by atoms with Crippen molar-refractivity contribution in [3.05, 3.63) is 58.9 Å². The molecule has 4 heteroatoms. The average Bonchev–Trinajstić information content (AvgIpc) is 2.86. The first kappa shape index (κ1) is 14.7. The zero-order valence-electron chi connectivity index (χ0n) is 12.0. The molecule has 1 aromatic carbocycles. The highest BCUT2D eigenvalue weighted by Gasteiger charge is 2.19. The molecule has 106 valence electrons. The van der Waals surface area contributed by atoms with E-state index in [4.69, 9.17) is 11.6 Å². The molecule has 0 aliphatic rings. The summed E-state index contributed by atoms with van der Waals surface area (Å²) in [6.45, 7) is 2.05. The maximum Gasteiger partial charge on any atom is 0.270 e. The molecule has 0 aliphatic heterocycles. The van der Waals surface area contributed by atoms with Gasteiger partial charge < -0.3 is 9.47 Å². The third kappa shape index (κ3) is 3.23. The normalized spacial score (nSPS) is 12.2. The molecule has 2 aromatic rings. The number of benzene rings is 1. The summed E-state index contributed by atoms with van der Waals surface area (Å²) in [6.07, 6.45) is 2.69. The van der Waals surface area contributed by atoms with Gasteiger partial charge in [0.05, 0.1) is 0 Å². The predicted molar refractivity (Wildman–Crippen MR) is 82.1 cm³/mol. The predicted octanol–water partition coefficient (Wildman–Crippen LogP) is 3.38. The highest BCUT2D eigenvalue weighted by Crippen LogP contribution is 2.14. The van der Waals surface area contributed by atoms with Gasteiger partial charge in [0.1, 0.15) is 5.69 Å². The number of carbonyl (C=O) groups excluding carboxylic acids is 1. The minimum atomic E-state index is 0.0407. The van der Waals surface area contributed by atoms with Gasteiger partial charge in [-0.1, -0.05) is 23.7 Å². The number of hydrogen-bond acceptors (Lipinski definition) is 1. The lowest BCUT2D eigenvalue weighted by molar-refractivity contribution is 0.0734. The Balaban J connectivity index is 2.05. The van der Waals surface area contributed by atoms with Crippen LogP contribution in [0.2, 0.25) is 5.02 Å². The van der Waals surface area contributed by atoms with Gasteiger partial charge in [0, 0.05) is 31.4 Å². The van der Waals surface area contributed by atoms with E-state index in [2.05, 4.69) is 6.92 Å². The van der Waals surface area contributed by atoms with E-state index in [9.17, 15) is 4.79 Å². The SMILES string of the molecule is C[C@@H](Cc1ccc(Cl)cc1)N(C)C(=O)c1cccn1C. The van der Waals surface area contributed by atoms with Crippen LogP contribution in [0.4, 0.5) is 0 Å². The lowest BCUT2D eigenvalue weighted by atomic mass is 10.1. The summed E-state index contributed by atoms with van der Waals surface area (Å²) >= 11 is 5.88. The first-order valence-corrected chi connectivity index (χ1v) is 6.99. The summed E-state index contributed by atoms with van der Waals surface area (Å²) in [5.74, 6) is 0.0407. The molecule has 0 saturated carbocycles. The number of nitrogens with zero attached hydrogens (tertiary/aromatic N) is 2. The van der Waals surface area contributed by atoms with E-state index in [0.29, 0.717) is 5.69 Å². The Hall–Kier alpha value is -1.74. The fourth-order valence-corrected chi connectivity index (χ4v) is 2.29. The van der Waals surface area contributed by atoms with Gasteiger partial charge in [-0.2, -0.15) is 0 Å². The minimum absolute atomic E-state index is 0.0407. The number of likely N-dealkylation sites (N-methyl/N-ethyl adjacent to an activating group) is 1. The quantitative estimate of drug-likeness (QED) is 0.847. The number of amides is 1. The van der Waals surface area contributed by atoms with E-state index in [-0.39, 0.29) is 11.9 Å². The number of carbonyl (C=O) groups is 1. The Morgan fingerprint density at radius 3 is 2.50 bits per heavy atom. The second-order valence-corrected chi connectivity index (χ2v) is 5.54. The van der Waals surface area contributed by atoms with Crippen LogP contribution in [0, 0.1) is 0 Å². The van der Waals surface area contributed by atoms with Crippen molar-refractivity contribution in [2.24, 2.45) is 7.05 Å². The standard InChI is InChI=1S/C16H19ClN2O/c1-12(11-13-6-8-14(17)9-7-13)19(3)16(20)15-5-4-10-18(15)2/h4-10,12H,11H2,1-3H3/t12-/m0/s1. The number of aromatic nitrogens is 1. The number of aryl methyl sites for hydroxylation is 1. The van der Waals surface area contributed by atoms with E-state index in [1.165, 1.54) is 5.56 Å². The molecule has 0 unspecified atom stereocenters. The molecule has 1 amide bonds. The number of hydrogen-bond donors (Lipinski definition) is 0. The molecule has 3 nitrogen and oxygen atoms in total. The van der Waals surface area contributed by atoms with Gasteiger partial charge in [-0.25, -0.2) is 0 Å². The maximum absolute atomic E-state index is 12.4. The summed E-state index contributed by atoms with van der Waals surface area (Å²) in [4.78, 5) is 14.2. The van der Waals surface area contributed by atoms with Crippen LogP contribution in [0.1, 0.15) is 23.0 Å². The van der Waals surface area contributed by atoms with Crippen LogP contribution in [-0.4, -0.2) is 28.5 Å². The van der Waals surface area contributed by atoms with E-state index in [1.54, 1.807) is 4.90 Å². The van der Waals surface area contributed by atoms with Crippen molar-refractivity contribution in [2.75, 3.05) is 7.05 Å². The van der Waals surface area contributed by atoms with E-state index >= 15 is 0 Å². The van der Waals surface area contributed by atoms with E-state index in [1.807, 2.05) is 61.3 Å². The zero-order valence-corrected chi connectivity index (χ0v) is 12.8. The molecule has 0 aliphatic carbocycles. The van der Waals surface area contributed by atoms with Gasteiger partial charge in [0.15, 0.2) is 0 Å². The van der Waals surface area contributed by atoms with Crippen LogP contribution in [0.15, 0.2) is 42.6 Å². The first-order chi connectivity index (χ1) is 9.49. The van der Waals surface area contributed by atoms with Gasteiger partial charge in [-0.15, -0.1) is 0 Å². The minimum Gasteiger partial charge on any atom is -0.347 e. The molecular formula is C16H19ClN2O. The lowest BCUT2D eigenvalue weighted by Gasteiger charge is -2.25. The van der Waals surface area contributed by atoms with Gasteiger partial charge in [-0.05, 0) is 43.2 Å². The van der Waals surface area contributed by atoms with Crippen LogP contribution in [0.3, 0.4) is 0 Å². The van der Waals surface area contributed by atoms with Crippen molar-refractivity contribution < 1.29 is 4.79 Å². The molecule has 1 atom stereocenters. The van der Waals surface area contributed by atoms with Crippen LogP contribution in [0.5, 0.6) is 0 Å². The fourth-order valence-electron chi connectivity index (χ4n) is 2.16. The van der Waals surface area contributed by atoms with Crippen molar-refractivity contribution in [1.82, 2.24) is 9.47 Å². The highest BCUT2D eigenvalue weighted by atomic mass is 35.5.